The molecule has 1 nitrogen and oxygen atoms in total. The zero-order chi connectivity index (χ0) is 9.40. The number of benzene rings is 1. The lowest BCUT2D eigenvalue weighted by Crippen LogP contribution is -2.17. The quantitative estimate of drug-likeness (QED) is 0.716. The van der Waals surface area contributed by atoms with Gasteiger partial charge in [-0.2, -0.15) is 0 Å². The fraction of sp³-hybridized carbons (Fsp3) is 0.455. The molecule has 1 atom stereocenters. The Balaban J connectivity index is 0.000000561. The molecule has 0 saturated heterocycles. The summed E-state index contributed by atoms with van der Waals surface area (Å²) in [5.41, 5.74) is 6.94. The molecular weight excluding hydrogens is 146 g/mol. The van der Waals surface area contributed by atoms with Gasteiger partial charge in [-0.25, -0.2) is 0 Å². The van der Waals surface area contributed by atoms with Crippen LogP contribution in [0.4, 0.5) is 0 Å². The predicted octanol–water partition coefficient (Wildman–Crippen LogP) is 2.60. The van der Waals surface area contributed by atoms with Gasteiger partial charge in [-0.3, -0.25) is 0 Å². The van der Waals surface area contributed by atoms with Crippen molar-refractivity contribution in [2.75, 3.05) is 0 Å². The van der Waals surface area contributed by atoms with Crippen LogP contribution in [0.25, 0.3) is 0 Å². The van der Waals surface area contributed by atoms with Crippen molar-refractivity contribution in [3.8, 4) is 0 Å². The number of nitrogens with two attached hydrogens (primary N) is 1. The second kappa shape index (κ2) is 6.86. The minimum absolute atomic E-state index is 0.266. The van der Waals surface area contributed by atoms with Crippen LogP contribution in [0.1, 0.15) is 26.3 Å². The molecule has 0 spiro atoms. The maximum atomic E-state index is 5.62. The Kier molecular flexibility index (Phi) is 6.39. The van der Waals surface area contributed by atoms with Gasteiger partial charge >= 0.3 is 0 Å². The summed E-state index contributed by atoms with van der Waals surface area (Å²) >= 11 is 0. The Morgan fingerprint density at radius 2 is 1.67 bits per heavy atom. The first kappa shape index (κ1) is 11.2. The van der Waals surface area contributed by atoms with Gasteiger partial charge in [0.25, 0.3) is 0 Å². The van der Waals surface area contributed by atoms with Gasteiger partial charge in [0.05, 0.1) is 0 Å². The molecule has 68 valence electrons. The largest absolute Gasteiger partial charge is 0.328 e. The molecule has 0 bridgehead atoms. The van der Waals surface area contributed by atoms with Gasteiger partial charge in [0.2, 0.25) is 0 Å². The Hall–Kier alpha value is -0.820. The van der Waals surface area contributed by atoms with Gasteiger partial charge < -0.3 is 5.73 Å². The maximum absolute atomic E-state index is 5.62. The molecule has 0 aromatic heterocycles. The molecule has 0 radical (unpaired) electrons. The van der Waals surface area contributed by atoms with Gasteiger partial charge in [-0.15, -0.1) is 0 Å². The molecule has 0 aliphatic carbocycles. The van der Waals surface area contributed by atoms with Crippen LogP contribution in [-0.4, -0.2) is 6.04 Å². The second-order valence-electron chi connectivity index (χ2n) is 2.67. The fourth-order valence-corrected chi connectivity index (χ4v) is 0.986. The van der Waals surface area contributed by atoms with Crippen LogP contribution >= 0.6 is 0 Å². The van der Waals surface area contributed by atoms with Gasteiger partial charge in [0, 0.05) is 6.04 Å². The van der Waals surface area contributed by atoms with Crippen LogP contribution in [0.15, 0.2) is 30.3 Å². The smallest absolute Gasteiger partial charge is 0.00509 e. The summed E-state index contributed by atoms with van der Waals surface area (Å²) in [6, 6.07) is 10.6. The third kappa shape index (κ3) is 4.91. The third-order valence-electron chi connectivity index (χ3n) is 1.40. The van der Waals surface area contributed by atoms with Crippen molar-refractivity contribution in [2.45, 2.75) is 33.2 Å². The number of hydrogen-bond donors (Lipinski definition) is 1. The van der Waals surface area contributed by atoms with Crippen molar-refractivity contribution in [1.29, 1.82) is 0 Å². The highest BCUT2D eigenvalue weighted by Gasteiger charge is 1.94. The summed E-state index contributed by atoms with van der Waals surface area (Å²) in [6.07, 6.45) is 0.973. The topological polar surface area (TPSA) is 26.0 Å². The molecule has 0 aliphatic heterocycles. The molecule has 1 heteroatoms. The van der Waals surface area contributed by atoms with E-state index in [0.717, 1.165) is 6.42 Å². The van der Waals surface area contributed by atoms with Crippen LogP contribution in [-0.2, 0) is 6.42 Å². The highest BCUT2D eigenvalue weighted by atomic mass is 14.6. The lowest BCUT2D eigenvalue weighted by molar-refractivity contribution is 0.738. The zero-order valence-electron chi connectivity index (χ0n) is 8.25. The molecule has 0 fully saturated rings. The molecular formula is C11H19N. The first-order chi connectivity index (χ1) is 5.79. The maximum Gasteiger partial charge on any atom is 0.00509 e. The van der Waals surface area contributed by atoms with Gasteiger partial charge in [-0.1, -0.05) is 44.2 Å². The van der Waals surface area contributed by atoms with Gasteiger partial charge in [0.1, 0.15) is 0 Å². The van der Waals surface area contributed by atoms with Crippen molar-refractivity contribution < 1.29 is 0 Å². The van der Waals surface area contributed by atoms with E-state index in [1.807, 2.05) is 39.0 Å². The van der Waals surface area contributed by atoms with Crippen LogP contribution in [0.3, 0.4) is 0 Å². The summed E-state index contributed by atoms with van der Waals surface area (Å²) in [4.78, 5) is 0. The number of rotatable bonds is 2. The first-order valence-electron chi connectivity index (χ1n) is 4.58. The molecule has 1 aromatic carbocycles. The normalized spacial score (nSPS) is 11.3. The standard InChI is InChI=1S/C9H13N.C2H6/c1-8(10)7-9-5-3-2-4-6-9;1-2/h2-6,8H,7,10H2,1H3;1-2H3/t8-;/m1./s1. The SMILES string of the molecule is CC.C[C@@H](N)Cc1ccccc1. The van der Waals surface area contributed by atoms with Crippen molar-refractivity contribution >= 4 is 0 Å². The van der Waals surface area contributed by atoms with E-state index in [1.54, 1.807) is 0 Å². The number of hydrogen-bond acceptors (Lipinski definition) is 1. The molecule has 0 amide bonds. The summed E-state index contributed by atoms with van der Waals surface area (Å²) in [5.74, 6) is 0. The average molecular weight is 165 g/mol. The zero-order valence-corrected chi connectivity index (χ0v) is 8.25. The molecule has 0 heterocycles. The Morgan fingerprint density at radius 1 is 1.17 bits per heavy atom. The van der Waals surface area contributed by atoms with Gasteiger partial charge in [0.15, 0.2) is 0 Å². The first-order valence-corrected chi connectivity index (χ1v) is 4.58. The van der Waals surface area contributed by atoms with Crippen LogP contribution < -0.4 is 5.73 Å². The average Bonchev–Trinajstić information content (AvgIpc) is 2.08. The summed E-state index contributed by atoms with van der Waals surface area (Å²) < 4.78 is 0. The van der Waals surface area contributed by atoms with Crippen LogP contribution in [0.5, 0.6) is 0 Å². The minimum atomic E-state index is 0.266. The summed E-state index contributed by atoms with van der Waals surface area (Å²) in [5, 5.41) is 0. The van der Waals surface area contributed by atoms with Crippen LogP contribution in [0, 0.1) is 0 Å². The monoisotopic (exact) mass is 165 g/mol. The summed E-state index contributed by atoms with van der Waals surface area (Å²) in [6.45, 7) is 6.02. The molecule has 0 unspecified atom stereocenters. The van der Waals surface area contributed by atoms with Crippen molar-refractivity contribution in [2.24, 2.45) is 5.73 Å². The highest BCUT2D eigenvalue weighted by Crippen LogP contribution is 2.00. The van der Waals surface area contributed by atoms with E-state index in [0.29, 0.717) is 0 Å². The Labute approximate surface area is 75.6 Å². The molecule has 1 rings (SSSR count). The van der Waals surface area contributed by atoms with E-state index >= 15 is 0 Å². The fourth-order valence-electron chi connectivity index (χ4n) is 0.986. The molecule has 0 saturated carbocycles. The van der Waals surface area contributed by atoms with E-state index in [4.69, 9.17) is 5.73 Å². The van der Waals surface area contributed by atoms with Gasteiger partial charge in [-0.05, 0) is 18.9 Å². The van der Waals surface area contributed by atoms with Crippen LogP contribution in [0.2, 0.25) is 0 Å². The Bertz CT molecular complexity index is 179. The molecule has 0 aliphatic rings. The second-order valence-corrected chi connectivity index (χ2v) is 2.67. The van der Waals surface area contributed by atoms with E-state index in [2.05, 4.69) is 12.1 Å². The van der Waals surface area contributed by atoms with E-state index in [1.165, 1.54) is 5.56 Å². The van der Waals surface area contributed by atoms with E-state index < -0.39 is 0 Å². The third-order valence-corrected chi connectivity index (χ3v) is 1.40. The molecule has 2 N–H and O–H groups in total. The van der Waals surface area contributed by atoms with Crippen molar-refractivity contribution in [1.82, 2.24) is 0 Å². The lowest BCUT2D eigenvalue weighted by atomic mass is 10.1. The minimum Gasteiger partial charge on any atom is -0.328 e. The molecule has 12 heavy (non-hydrogen) atoms. The lowest BCUT2D eigenvalue weighted by Gasteiger charge is -2.02. The summed E-state index contributed by atoms with van der Waals surface area (Å²) in [7, 11) is 0. The van der Waals surface area contributed by atoms with E-state index in [9.17, 15) is 0 Å². The predicted molar refractivity (Wildman–Crippen MR) is 55.1 cm³/mol. The van der Waals surface area contributed by atoms with Crippen molar-refractivity contribution in [3.63, 3.8) is 0 Å². The van der Waals surface area contributed by atoms with E-state index in [-0.39, 0.29) is 6.04 Å². The highest BCUT2D eigenvalue weighted by molar-refractivity contribution is 5.15. The van der Waals surface area contributed by atoms with Crippen molar-refractivity contribution in [3.05, 3.63) is 35.9 Å². The Morgan fingerprint density at radius 3 is 2.08 bits per heavy atom. The molecule has 1 aromatic rings.